The van der Waals surface area contributed by atoms with Crippen molar-refractivity contribution in [2.24, 2.45) is 5.41 Å². The molecule has 1 nitrogen and oxygen atoms in total. The SMILES string of the molecule is Cc1cc(CNCC2(C)CCCCC2)c(C)s1. The molecule has 1 aromatic rings. The molecule has 2 rings (SSSR count). The molecule has 0 amide bonds. The summed E-state index contributed by atoms with van der Waals surface area (Å²) in [6.07, 6.45) is 7.10. The molecule has 0 atom stereocenters. The van der Waals surface area contributed by atoms with E-state index in [1.54, 1.807) is 0 Å². The molecule has 1 N–H and O–H groups in total. The molecule has 0 saturated heterocycles. The normalized spacial score (nSPS) is 19.5. The number of thiophene rings is 1. The maximum Gasteiger partial charge on any atom is 0.0216 e. The lowest BCUT2D eigenvalue weighted by Gasteiger charge is -2.33. The van der Waals surface area contributed by atoms with E-state index in [1.807, 2.05) is 11.3 Å². The van der Waals surface area contributed by atoms with Crippen LogP contribution >= 0.6 is 11.3 Å². The third kappa shape index (κ3) is 3.56. The first-order chi connectivity index (χ1) is 8.09. The summed E-state index contributed by atoms with van der Waals surface area (Å²) in [5, 5.41) is 3.67. The van der Waals surface area contributed by atoms with Crippen molar-refractivity contribution in [2.45, 2.75) is 59.4 Å². The van der Waals surface area contributed by atoms with Gasteiger partial charge in [-0.25, -0.2) is 0 Å². The summed E-state index contributed by atoms with van der Waals surface area (Å²) in [7, 11) is 0. The predicted octanol–water partition coefficient (Wildman–Crippen LogP) is 4.42. The zero-order valence-electron chi connectivity index (χ0n) is 11.4. The molecule has 2 heteroatoms. The standard InChI is InChI=1S/C15H25NS/c1-12-9-14(13(2)17-12)10-16-11-15(3)7-5-4-6-8-15/h9,16H,4-8,10-11H2,1-3H3. The van der Waals surface area contributed by atoms with Crippen molar-refractivity contribution in [3.63, 3.8) is 0 Å². The molecule has 0 spiro atoms. The van der Waals surface area contributed by atoms with Crippen molar-refractivity contribution in [2.75, 3.05) is 6.54 Å². The van der Waals surface area contributed by atoms with E-state index in [0.29, 0.717) is 5.41 Å². The molecule has 0 bridgehead atoms. The summed E-state index contributed by atoms with van der Waals surface area (Å²) in [5.41, 5.74) is 2.05. The van der Waals surface area contributed by atoms with Crippen LogP contribution in [0.15, 0.2) is 6.07 Å². The molecule has 1 heterocycles. The third-order valence-corrected chi connectivity index (χ3v) is 5.08. The van der Waals surface area contributed by atoms with E-state index in [9.17, 15) is 0 Å². The number of nitrogens with one attached hydrogen (secondary N) is 1. The number of rotatable bonds is 4. The summed E-state index contributed by atoms with van der Waals surface area (Å²) in [6, 6.07) is 2.33. The summed E-state index contributed by atoms with van der Waals surface area (Å²) in [4.78, 5) is 2.91. The van der Waals surface area contributed by atoms with Gasteiger partial charge in [0.15, 0.2) is 0 Å². The van der Waals surface area contributed by atoms with Crippen molar-refractivity contribution in [1.29, 1.82) is 0 Å². The quantitative estimate of drug-likeness (QED) is 0.835. The molecule has 1 fully saturated rings. The first-order valence-corrected chi connectivity index (χ1v) is 7.67. The van der Waals surface area contributed by atoms with Crippen LogP contribution in [0.25, 0.3) is 0 Å². The molecule has 1 aromatic heterocycles. The zero-order chi connectivity index (χ0) is 12.3. The van der Waals surface area contributed by atoms with Crippen LogP contribution in [0, 0.1) is 19.3 Å². The average molecular weight is 251 g/mol. The first-order valence-electron chi connectivity index (χ1n) is 6.86. The molecule has 0 radical (unpaired) electrons. The minimum Gasteiger partial charge on any atom is -0.312 e. The van der Waals surface area contributed by atoms with Crippen molar-refractivity contribution in [3.8, 4) is 0 Å². The minimum atomic E-state index is 0.553. The monoisotopic (exact) mass is 251 g/mol. The van der Waals surface area contributed by atoms with Crippen LogP contribution < -0.4 is 5.32 Å². The molecule has 1 aliphatic rings. The lowest BCUT2D eigenvalue weighted by molar-refractivity contribution is 0.207. The van der Waals surface area contributed by atoms with Gasteiger partial charge >= 0.3 is 0 Å². The van der Waals surface area contributed by atoms with E-state index in [-0.39, 0.29) is 0 Å². The Morgan fingerprint density at radius 1 is 1.24 bits per heavy atom. The summed E-state index contributed by atoms with van der Waals surface area (Å²) >= 11 is 1.91. The molecule has 1 aliphatic carbocycles. The minimum absolute atomic E-state index is 0.553. The van der Waals surface area contributed by atoms with E-state index in [0.717, 1.165) is 6.54 Å². The Hall–Kier alpha value is -0.340. The third-order valence-electron chi connectivity index (χ3n) is 4.07. The van der Waals surface area contributed by atoms with Crippen LogP contribution in [0.5, 0.6) is 0 Å². The van der Waals surface area contributed by atoms with Gasteiger partial charge in [-0.2, -0.15) is 0 Å². The summed E-state index contributed by atoms with van der Waals surface area (Å²) in [6.45, 7) is 9.11. The van der Waals surface area contributed by atoms with Gasteiger partial charge in [0.05, 0.1) is 0 Å². The fourth-order valence-electron chi connectivity index (χ4n) is 2.94. The van der Waals surface area contributed by atoms with E-state index in [4.69, 9.17) is 0 Å². The average Bonchev–Trinajstić information content (AvgIpc) is 2.58. The van der Waals surface area contributed by atoms with Gasteiger partial charge in [0.1, 0.15) is 0 Å². The Bertz CT molecular complexity index is 361. The van der Waals surface area contributed by atoms with Crippen LogP contribution in [0.4, 0.5) is 0 Å². The molecule has 96 valence electrons. The number of aryl methyl sites for hydroxylation is 2. The largest absolute Gasteiger partial charge is 0.312 e. The second-order valence-electron chi connectivity index (χ2n) is 5.91. The van der Waals surface area contributed by atoms with Gasteiger partial charge in [0.2, 0.25) is 0 Å². The van der Waals surface area contributed by atoms with Gasteiger partial charge in [-0.3, -0.25) is 0 Å². The topological polar surface area (TPSA) is 12.0 Å². The van der Waals surface area contributed by atoms with Gasteiger partial charge in [-0.15, -0.1) is 11.3 Å². The van der Waals surface area contributed by atoms with Gasteiger partial charge in [-0.05, 0) is 43.7 Å². The van der Waals surface area contributed by atoms with Gasteiger partial charge in [-0.1, -0.05) is 26.2 Å². The Balaban J connectivity index is 1.81. The Morgan fingerprint density at radius 3 is 2.53 bits per heavy atom. The number of hydrogen-bond acceptors (Lipinski definition) is 2. The fraction of sp³-hybridized carbons (Fsp3) is 0.733. The van der Waals surface area contributed by atoms with Gasteiger partial charge in [0.25, 0.3) is 0 Å². The maximum absolute atomic E-state index is 3.67. The highest BCUT2D eigenvalue weighted by molar-refractivity contribution is 7.12. The Morgan fingerprint density at radius 2 is 1.94 bits per heavy atom. The lowest BCUT2D eigenvalue weighted by Crippen LogP contribution is -2.33. The highest BCUT2D eigenvalue weighted by Gasteiger charge is 2.26. The van der Waals surface area contributed by atoms with Crippen LogP contribution in [-0.4, -0.2) is 6.54 Å². The molecule has 0 aromatic carbocycles. The molecule has 17 heavy (non-hydrogen) atoms. The van der Waals surface area contributed by atoms with Crippen LogP contribution in [-0.2, 0) is 6.54 Å². The van der Waals surface area contributed by atoms with Gasteiger partial charge < -0.3 is 5.32 Å². The predicted molar refractivity (Wildman–Crippen MR) is 76.7 cm³/mol. The molecule has 0 unspecified atom stereocenters. The zero-order valence-corrected chi connectivity index (χ0v) is 12.3. The van der Waals surface area contributed by atoms with Crippen molar-refractivity contribution in [1.82, 2.24) is 5.32 Å². The Labute approximate surface area is 110 Å². The van der Waals surface area contributed by atoms with E-state index < -0.39 is 0 Å². The number of hydrogen-bond donors (Lipinski definition) is 1. The molecule has 0 aliphatic heterocycles. The van der Waals surface area contributed by atoms with E-state index in [2.05, 4.69) is 32.2 Å². The smallest absolute Gasteiger partial charge is 0.0216 e. The Kier molecular flexibility index (Phi) is 4.26. The highest BCUT2D eigenvalue weighted by Crippen LogP contribution is 2.35. The molecular weight excluding hydrogens is 226 g/mol. The van der Waals surface area contributed by atoms with E-state index in [1.165, 1.54) is 54.0 Å². The summed E-state index contributed by atoms with van der Waals surface area (Å²) in [5.74, 6) is 0. The van der Waals surface area contributed by atoms with Gasteiger partial charge in [0, 0.05) is 22.8 Å². The fourth-order valence-corrected chi connectivity index (χ4v) is 3.89. The first kappa shape index (κ1) is 13.1. The molecular formula is C15H25NS. The second kappa shape index (κ2) is 5.53. The highest BCUT2D eigenvalue weighted by atomic mass is 32.1. The second-order valence-corrected chi connectivity index (χ2v) is 7.37. The molecule has 1 saturated carbocycles. The van der Waals surface area contributed by atoms with Crippen LogP contribution in [0.3, 0.4) is 0 Å². The maximum atomic E-state index is 3.67. The van der Waals surface area contributed by atoms with Crippen molar-refractivity contribution in [3.05, 3.63) is 21.4 Å². The van der Waals surface area contributed by atoms with Crippen LogP contribution in [0.2, 0.25) is 0 Å². The van der Waals surface area contributed by atoms with Crippen LogP contribution in [0.1, 0.15) is 54.3 Å². The lowest BCUT2D eigenvalue weighted by atomic mass is 9.76. The summed E-state index contributed by atoms with van der Waals surface area (Å²) < 4.78 is 0. The van der Waals surface area contributed by atoms with Crippen molar-refractivity contribution >= 4 is 11.3 Å². The van der Waals surface area contributed by atoms with E-state index >= 15 is 0 Å². The van der Waals surface area contributed by atoms with Crippen molar-refractivity contribution < 1.29 is 0 Å².